The lowest BCUT2D eigenvalue weighted by molar-refractivity contribution is -0.135. The van der Waals surface area contributed by atoms with E-state index in [0.717, 1.165) is 49.3 Å². The molecule has 3 rings (SSSR count). The average molecular weight is 343 g/mol. The Morgan fingerprint density at radius 2 is 2.08 bits per heavy atom. The summed E-state index contributed by atoms with van der Waals surface area (Å²) in [6.07, 6.45) is 4.87. The standard InChI is InChI=1S/C19H25N3O3/c1-3-15-9-10-17(25-15)16-7-5-4-6-12-21(16)19(24)13-22-18(23)11-8-14(2)20-22/h8-11,16H,3-7,12-13H2,1-2H3/t16-/m0/s1. The van der Waals surface area contributed by atoms with Gasteiger partial charge in [0.15, 0.2) is 0 Å². The van der Waals surface area contributed by atoms with E-state index in [1.165, 1.54) is 10.7 Å². The molecule has 3 heterocycles. The van der Waals surface area contributed by atoms with E-state index in [9.17, 15) is 9.59 Å². The van der Waals surface area contributed by atoms with E-state index in [2.05, 4.69) is 12.0 Å². The highest BCUT2D eigenvalue weighted by molar-refractivity contribution is 5.76. The molecule has 25 heavy (non-hydrogen) atoms. The summed E-state index contributed by atoms with van der Waals surface area (Å²) >= 11 is 0. The Morgan fingerprint density at radius 1 is 1.24 bits per heavy atom. The Balaban J connectivity index is 1.84. The number of furan rings is 1. The lowest BCUT2D eigenvalue weighted by Crippen LogP contribution is -2.39. The van der Waals surface area contributed by atoms with E-state index in [1.807, 2.05) is 24.0 Å². The highest BCUT2D eigenvalue weighted by Crippen LogP contribution is 2.31. The van der Waals surface area contributed by atoms with E-state index in [0.29, 0.717) is 6.54 Å². The SMILES string of the molecule is CCc1ccc([C@@H]2CCCCCN2C(=O)Cn2nc(C)ccc2=O)o1. The van der Waals surface area contributed by atoms with Gasteiger partial charge in [-0.25, -0.2) is 4.68 Å². The molecule has 1 fully saturated rings. The Morgan fingerprint density at radius 3 is 2.84 bits per heavy atom. The molecule has 0 radical (unpaired) electrons. The van der Waals surface area contributed by atoms with Crippen LogP contribution in [0, 0.1) is 6.92 Å². The molecule has 6 heteroatoms. The second-order valence-corrected chi connectivity index (χ2v) is 6.58. The third kappa shape index (κ3) is 4.00. The van der Waals surface area contributed by atoms with Crippen LogP contribution in [-0.4, -0.2) is 27.1 Å². The number of hydrogen-bond donors (Lipinski definition) is 0. The largest absolute Gasteiger partial charge is 0.464 e. The molecule has 0 unspecified atom stereocenters. The minimum atomic E-state index is -0.253. The molecule has 6 nitrogen and oxygen atoms in total. The van der Waals surface area contributed by atoms with Gasteiger partial charge in [0.05, 0.1) is 11.7 Å². The van der Waals surface area contributed by atoms with Gasteiger partial charge in [0, 0.05) is 19.0 Å². The van der Waals surface area contributed by atoms with Crippen LogP contribution < -0.4 is 5.56 Å². The molecule has 1 aliphatic rings. The summed E-state index contributed by atoms with van der Waals surface area (Å²) in [5, 5.41) is 4.18. The number of amides is 1. The van der Waals surface area contributed by atoms with Gasteiger partial charge >= 0.3 is 0 Å². The quantitative estimate of drug-likeness (QED) is 0.856. The number of carbonyl (C=O) groups is 1. The second kappa shape index (κ2) is 7.68. The highest BCUT2D eigenvalue weighted by atomic mass is 16.3. The summed E-state index contributed by atoms with van der Waals surface area (Å²) in [6.45, 7) is 4.52. The van der Waals surface area contributed by atoms with E-state index in [1.54, 1.807) is 6.07 Å². The van der Waals surface area contributed by atoms with E-state index in [4.69, 9.17) is 4.42 Å². The molecular formula is C19H25N3O3. The zero-order valence-electron chi connectivity index (χ0n) is 14.9. The van der Waals surface area contributed by atoms with Crippen molar-refractivity contribution < 1.29 is 9.21 Å². The third-order valence-corrected chi connectivity index (χ3v) is 4.72. The molecule has 0 aliphatic carbocycles. The smallest absolute Gasteiger partial charge is 0.267 e. The fourth-order valence-electron chi connectivity index (χ4n) is 3.35. The predicted molar refractivity (Wildman–Crippen MR) is 94.2 cm³/mol. The molecule has 0 spiro atoms. The van der Waals surface area contributed by atoms with Crippen LogP contribution in [0.15, 0.2) is 33.5 Å². The number of likely N-dealkylation sites (tertiary alicyclic amines) is 1. The summed E-state index contributed by atoms with van der Waals surface area (Å²) in [5.74, 6) is 1.70. The molecule has 1 aliphatic heterocycles. The maximum Gasteiger partial charge on any atom is 0.267 e. The normalized spacial score (nSPS) is 18.2. The van der Waals surface area contributed by atoms with Gasteiger partial charge in [-0.2, -0.15) is 5.10 Å². The van der Waals surface area contributed by atoms with Crippen LogP contribution in [0.25, 0.3) is 0 Å². The Labute approximate surface area is 147 Å². The molecule has 1 saturated heterocycles. The van der Waals surface area contributed by atoms with Gasteiger partial charge in [-0.05, 0) is 38.0 Å². The topological polar surface area (TPSA) is 68.3 Å². The van der Waals surface area contributed by atoms with E-state index in [-0.39, 0.29) is 24.1 Å². The first-order valence-electron chi connectivity index (χ1n) is 9.01. The van der Waals surface area contributed by atoms with Gasteiger partial charge < -0.3 is 9.32 Å². The first-order chi connectivity index (χ1) is 12.1. The minimum Gasteiger partial charge on any atom is -0.464 e. The second-order valence-electron chi connectivity index (χ2n) is 6.58. The Bertz CT molecular complexity index is 793. The number of hydrogen-bond acceptors (Lipinski definition) is 4. The molecule has 2 aromatic heterocycles. The molecule has 0 N–H and O–H groups in total. The zero-order valence-corrected chi connectivity index (χ0v) is 14.9. The maximum absolute atomic E-state index is 12.9. The minimum absolute atomic E-state index is 0.0294. The van der Waals surface area contributed by atoms with Crippen LogP contribution >= 0.6 is 0 Å². The van der Waals surface area contributed by atoms with Crippen LogP contribution in [0.1, 0.15) is 55.9 Å². The van der Waals surface area contributed by atoms with E-state index < -0.39 is 0 Å². The number of nitrogens with zero attached hydrogens (tertiary/aromatic N) is 3. The van der Waals surface area contributed by atoms with Crippen molar-refractivity contribution >= 4 is 5.91 Å². The van der Waals surface area contributed by atoms with Crippen molar-refractivity contribution in [1.82, 2.24) is 14.7 Å². The summed E-state index contributed by atoms with van der Waals surface area (Å²) in [4.78, 5) is 26.8. The number of rotatable bonds is 4. The fraction of sp³-hybridized carbons (Fsp3) is 0.526. The number of aryl methyl sites for hydroxylation is 2. The van der Waals surface area contributed by atoms with Crippen molar-refractivity contribution in [2.75, 3.05) is 6.54 Å². The van der Waals surface area contributed by atoms with Crippen LogP contribution in [0.2, 0.25) is 0 Å². The number of carbonyl (C=O) groups excluding carboxylic acids is 1. The molecular weight excluding hydrogens is 318 g/mol. The number of aromatic nitrogens is 2. The Hall–Kier alpha value is -2.37. The van der Waals surface area contributed by atoms with Crippen molar-refractivity contribution in [1.29, 1.82) is 0 Å². The van der Waals surface area contributed by atoms with Gasteiger partial charge in [-0.1, -0.05) is 19.8 Å². The van der Waals surface area contributed by atoms with Crippen LogP contribution in [0.5, 0.6) is 0 Å². The Kier molecular flexibility index (Phi) is 5.36. The van der Waals surface area contributed by atoms with Gasteiger partial charge in [0.2, 0.25) is 5.91 Å². The molecule has 0 saturated carbocycles. The van der Waals surface area contributed by atoms with Gasteiger partial charge in [-0.15, -0.1) is 0 Å². The first-order valence-corrected chi connectivity index (χ1v) is 9.01. The van der Waals surface area contributed by atoms with Gasteiger partial charge in [0.1, 0.15) is 18.1 Å². The first kappa shape index (κ1) is 17.5. The van der Waals surface area contributed by atoms with Crippen molar-refractivity contribution in [3.05, 3.63) is 51.8 Å². The summed E-state index contributed by atoms with van der Waals surface area (Å²) < 4.78 is 7.17. The maximum atomic E-state index is 12.9. The molecule has 1 amide bonds. The van der Waals surface area contributed by atoms with Crippen molar-refractivity contribution in [2.24, 2.45) is 0 Å². The van der Waals surface area contributed by atoms with E-state index >= 15 is 0 Å². The summed E-state index contributed by atoms with van der Waals surface area (Å²) in [7, 11) is 0. The predicted octanol–water partition coefficient (Wildman–Crippen LogP) is 2.85. The van der Waals surface area contributed by atoms with Gasteiger partial charge in [-0.3, -0.25) is 9.59 Å². The van der Waals surface area contributed by atoms with Gasteiger partial charge in [0.25, 0.3) is 5.56 Å². The van der Waals surface area contributed by atoms with Crippen molar-refractivity contribution in [3.63, 3.8) is 0 Å². The van der Waals surface area contributed by atoms with Crippen molar-refractivity contribution in [3.8, 4) is 0 Å². The molecule has 2 aromatic rings. The third-order valence-electron chi connectivity index (χ3n) is 4.72. The molecule has 0 bridgehead atoms. The zero-order chi connectivity index (χ0) is 17.8. The molecule has 0 aromatic carbocycles. The van der Waals surface area contributed by atoms with Crippen molar-refractivity contribution in [2.45, 2.75) is 58.5 Å². The average Bonchev–Trinajstić information content (AvgIpc) is 2.94. The summed E-state index contributed by atoms with van der Waals surface area (Å²) in [6, 6.07) is 7.01. The van der Waals surface area contributed by atoms with Crippen LogP contribution in [0.3, 0.4) is 0 Å². The van der Waals surface area contributed by atoms with Crippen LogP contribution in [-0.2, 0) is 17.8 Å². The monoisotopic (exact) mass is 343 g/mol. The lowest BCUT2D eigenvalue weighted by Gasteiger charge is -2.28. The van der Waals surface area contributed by atoms with Crippen LogP contribution in [0.4, 0.5) is 0 Å². The lowest BCUT2D eigenvalue weighted by atomic mass is 10.1. The molecule has 134 valence electrons. The molecule has 1 atom stereocenters. The fourth-order valence-corrected chi connectivity index (χ4v) is 3.35. The highest BCUT2D eigenvalue weighted by Gasteiger charge is 2.29. The summed E-state index contributed by atoms with van der Waals surface area (Å²) in [5.41, 5.74) is 0.468.